The Labute approximate surface area is 84.7 Å². The van der Waals surface area contributed by atoms with Crippen LogP contribution < -0.4 is 5.73 Å². The second-order valence-electron chi connectivity index (χ2n) is 3.73. The lowest BCUT2D eigenvalue weighted by atomic mass is 10.3. The SMILES string of the molecule is C=C(C)COCCN1CCC(N)C1=O. The van der Waals surface area contributed by atoms with E-state index in [0.717, 1.165) is 18.5 Å². The van der Waals surface area contributed by atoms with Gasteiger partial charge in [0.15, 0.2) is 0 Å². The van der Waals surface area contributed by atoms with Crippen LogP contribution in [0.1, 0.15) is 13.3 Å². The minimum atomic E-state index is -0.295. The molecule has 0 radical (unpaired) electrons. The molecule has 1 aliphatic rings. The van der Waals surface area contributed by atoms with Gasteiger partial charge in [-0.2, -0.15) is 0 Å². The molecule has 4 nitrogen and oxygen atoms in total. The van der Waals surface area contributed by atoms with Gasteiger partial charge < -0.3 is 15.4 Å². The molecule has 4 heteroatoms. The van der Waals surface area contributed by atoms with Gasteiger partial charge in [-0.1, -0.05) is 12.2 Å². The fourth-order valence-corrected chi connectivity index (χ4v) is 1.41. The van der Waals surface area contributed by atoms with Gasteiger partial charge in [0.05, 0.1) is 19.3 Å². The van der Waals surface area contributed by atoms with E-state index in [-0.39, 0.29) is 11.9 Å². The van der Waals surface area contributed by atoms with E-state index in [2.05, 4.69) is 6.58 Å². The normalized spacial score (nSPS) is 21.7. The summed E-state index contributed by atoms with van der Waals surface area (Å²) in [5.41, 5.74) is 6.57. The van der Waals surface area contributed by atoms with E-state index in [0.29, 0.717) is 19.8 Å². The van der Waals surface area contributed by atoms with Crippen LogP contribution in [-0.4, -0.2) is 43.2 Å². The van der Waals surface area contributed by atoms with Crippen molar-refractivity contribution in [2.75, 3.05) is 26.3 Å². The summed E-state index contributed by atoms with van der Waals surface area (Å²) >= 11 is 0. The number of hydrogen-bond acceptors (Lipinski definition) is 3. The van der Waals surface area contributed by atoms with E-state index in [1.165, 1.54) is 0 Å². The number of amides is 1. The van der Waals surface area contributed by atoms with Crippen molar-refractivity contribution in [2.45, 2.75) is 19.4 Å². The van der Waals surface area contributed by atoms with Gasteiger partial charge in [0.25, 0.3) is 0 Å². The van der Waals surface area contributed by atoms with Crippen LogP contribution in [0.3, 0.4) is 0 Å². The number of likely N-dealkylation sites (tertiary alicyclic amines) is 1. The van der Waals surface area contributed by atoms with E-state index < -0.39 is 0 Å². The fourth-order valence-electron chi connectivity index (χ4n) is 1.41. The molecule has 1 fully saturated rings. The van der Waals surface area contributed by atoms with Crippen molar-refractivity contribution in [3.8, 4) is 0 Å². The average molecular weight is 198 g/mol. The van der Waals surface area contributed by atoms with Crippen LogP contribution in [0.5, 0.6) is 0 Å². The Balaban J connectivity index is 2.13. The third-order valence-electron chi connectivity index (χ3n) is 2.19. The molecule has 0 saturated carbocycles. The summed E-state index contributed by atoms with van der Waals surface area (Å²) in [7, 11) is 0. The maximum Gasteiger partial charge on any atom is 0.239 e. The smallest absolute Gasteiger partial charge is 0.239 e. The van der Waals surface area contributed by atoms with Gasteiger partial charge >= 0.3 is 0 Å². The van der Waals surface area contributed by atoms with Crippen molar-refractivity contribution < 1.29 is 9.53 Å². The topological polar surface area (TPSA) is 55.6 Å². The Hall–Kier alpha value is -0.870. The van der Waals surface area contributed by atoms with Gasteiger partial charge in [0, 0.05) is 13.1 Å². The van der Waals surface area contributed by atoms with Crippen molar-refractivity contribution in [3.63, 3.8) is 0 Å². The molecule has 1 aliphatic heterocycles. The molecule has 0 bridgehead atoms. The first-order valence-corrected chi connectivity index (χ1v) is 4.87. The highest BCUT2D eigenvalue weighted by atomic mass is 16.5. The van der Waals surface area contributed by atoms with Gasteiger partial charge in [0.2, 0.25) is 5.91 Å². The third kappa shape index (κ3) is 3.12. The first-order chi connectivity index (χ1) is 6.61. The van der Waals surface area contributed by atoms with Crippen molar-refractivity contribution in [1.29, 1.82) is 0 Å². The van der Waals surface area contributed by atoms with E-state index in [1.54, 1.807) is 4.90 Å². The number of nitrogens with zero attached hydrogens (tertiary/aromatic N) is 1. The molecule has 1 saturated heterocycles. The number of rotatable bonds is 5. The number of hydrogen-bond donors (Lipinski definition) is 1. The van der Waals surface area contributed by atoms with Crippen molar-refractivity contribution in [3.05, 3.63) is 12.2 Å². The summed E-state index contributed by atoms with van der Waals surface area (Å²) in [5.74, 6) is 0.0453. The van der Waals surface area contributed by atoms with Crippen LogP contribution in [0.15, 0.2) is 12.2 Å². The van der Waals surface area contributed by atoms with Crippen LogP contribution >= 0.6 is 0 Å². The van der Waals surface area contributed by atoms with Gasteiger partial charge in [0.1, 0.15) is 0 Å². The predicted octanol–water partition coefficient (Wildman–Crippen LogP) is 0.139. The Bertz CT molecular complexity index is 228. The molecule has 0 aliphatic carbocycles. The van der Waals surface area contributed by atoms with Crippen LogP contribution in [0.2, 0.25) is 0 Å². The quantitative estimate of drug-likeness (QED) is 0.505. The highest BCUT2D eigenvalue weighted by Crippen LogP contribution is 2.07. The van der Waals surface area contributed by atoms with E-state index in [9.17, 15) is 4.79 Å². The van der Waals surface area contributed by atoms with Gasteiger partial charge in [-0.15, -0.1) is 0 Å². The molecule has 1 heterocycles. The number of nitrogens with two attached hydrogens (primary N) is 1. The Morgan fingerprint density at radius 3 is 3.00 bits per heavy atom. The zero-order chi connectivity index (χ0) is 10.6. The minimum Gasteiger partial charge on any atom is -0.375 e. The summed E-state index contributed by atoms with van der Waals surface area (Å²) in [6, 6.07) is -0.295. The summed E-state index contributed by atoms with van der Waals surface area (Å²) in [4.78, 5) is 13.1. The fraction of sp³-hybridized carbons (Fsp3) is 0.700. The molecule has 1 atom stereocenters. The zero-order valence-electron chi connectivity index (χ0n) is 8.66. The van der Waals surface area contributed by atoms with E-state index in [1.807, 2.05) is 6.92 Å². The molecule has 0 aromatic carbocycles. The average Bonchev–Trinajstić information content (AvgIpc) is 2.43. The largest absolute Gasteiger partial charge is 0.375 e. The van der Waals surface area contributed by atoms with Gasteiger partial charge in [-0.25, -0.2) is 0 Å². The first-order valence-electron chi connectivity index (χ1n) is 4.87. The number of ether oxygens (including phenoxy) is 1. The maximum absolute atomic E-state index is 11.4. The molecule has 2 N–H and O–H groups in total. The zero-order valence-corrected chi connectivity index (χ0v) is 8.66. The van der Waals surface area contributed by atoms with Crippen LogP contribution in [-0.2, 0) is 9.53 Å². The molecule has 0 aromatic heterocycles. The standard InChI is InChI=1S/C10H18N2O2/c1-8(2)7-14-6-5-12-4-3-9(11)10(12)13/h9H,1,3-7,11H2,2H3. The Morgan fingerprint density at radius 2 is 2.50 bits per heavy atom. The number of carbonyl (C=O) groups excluding carboxylic acids is 1. The Morgan fingerprint density at radius 1 is 1.79 bits per heavy atom. The summed E-state index contributed by atoms with van der Waals surface area (Å²) in [6.07, 6.45) is 0.763. The molecule has 14 heavy (non-hydrogen) atoms. The highest BCUT2D eigenvalue weighted by molar-refractivity contribution is 5.83. The minimum absolute atomic E-state index is 0.0453. The summed E-state index contributed by atoms with van der Waals surface area (Å²) in [5, 5.41) is 0. The van der Waals surface area contributed by atoms with Crippen molar-refractivity contribution >= 4 is 5.91 Å². The maximum atomic E-state index is 11.4. The highest BCUT2D eigenvalue weighted by Gasteiger charge is 2.27. The first kappa shape index (κ1) is 11.2. The molecule has 0 spiro atoms. The summed E-state index contributed by atoms with van der Waals surface area (Å²) in [6.45, 7) is 8.16. The lowest BCUT2D eigenvalue weighted by Gasteiger charge is -2.15. The molecule has 1 rings (SSSR count). The molecule has 1 amide bonds. The van der Waals surface area contributed by atoms with Crippen molar-refractivity contribution in [2.24, 2.45) is 5.73 Å². The van der Waals surface area contributed by atoms with Crippen LogP contribution in [0.4, 0.5) is 0 Å². The molecule has 80 valence electrons. The molecular formula is C10H18N2O2. The molecular weight excluding hydrogens is 180 g/mol. The van der Waals surface area contributed by atoms with Crippen molar-refractivity contribution in [1.82, 2.24) is 4.90 Å². The lowest BCUT2D eigenvalue weighted by molar-refractivity contribution is -0.129. The lowest BCUT2D eigenvalue weighted by Crippen LogP contribution is -2.35. The van der Waals surface area contributed by atoms with Crippen LogP contribution in [0.25, 0.3) is 0 Å². The van der Waals surface area contributed by atoms with Gasteiger partial charge in [-0.3, -0.25) is 4.79 Å². The predicted molar refractivity (Wildman–Crippen MR) is 54.8 cm³/mol. The Kier molecular flexibility index (Phi) is 4.10. The van der Waals surface area contributed by atoms with E-state index >= 15 is 0 Å². The number of carbonyl (C=O) groups is 1. The van der Waals surface area contributed by atoms with E-state index in [4.69, 9.17) is 10.5 Å². The third-order valence-corrected chi connectivity index (χ3v) is 2.19. The second kappa shape index (κ2) is 5.12. The summed E-state index contributed by atoms with van der Waals surface area (Å²) < 4.78 is 5.31. The van der Waals surface area contributed by atoms with Crippen LogP contribution in [0, 0.1) is 0 Å². The second-order valence-corrected chi connectivity index (χ2v) is 3.73. The van der Waals surface area contributed by atoms with Gasteiger partial charge in [-0.05, 0) is 13.3 Å². The molecule has 1 unspecified atom stereocenters. The molecule has 0 aromatic rings. The monoisotopic (exact) mass is 198 g/mol.